The van der Waals surface area contributed by atoms with Gasteiger partial charge in [0.25, 0.3) is 5.91 Å². The normalized spacial score (nSPS) is 11.9. The van der Waals surface area contributed by atoms with Gasteiger partial charge in [-0.3, -0.25) is 4.79 Å². The minimum Gasteiger partial charge on any atom is -0.480 e. The summed E-state index contributed by atoms with van der Waals surface area (Å²) in [7, 11) is 0. The van der Waals surface area contributed by atoms with Gasteiger partial charge in [-0.1, -0.05) is 11.6 Å². The smallest absolute Gasteiger partial charge is 0.265 e. The lowest BCUT2D eigenvalue weighted by Crippen LogP contribution is -2.30. The van der Waals surface area contributed by atoms with E-state index in [9.17, 15) is 13.6 Å². The molecule has 0 aliphatic heterocycles. The van der Waals surface area contributed by atoms with Gasteiger partial charge in [-0.2, -0.15) is 0 Å². The molecule has 1 amide bonds. The van der Waals surface area contributed by atoms with Crippen molar-refractivity contribution in [3.63, 3.8) is 0 Å². The van der Waals surface area contributed by atoms with E-state index in [1.54, 1.807) is 18.2 Å². The van der Waals surface area contributed by atoms with Crippen LogP contribution in [0, 0.1) is 11.6 Å². The summed E-state index contributed by atoms with van der Waals surface area (Å²) in [6.45, 7) is 1.49. The monoisotopic (exact) mass is 389 g/mol. The number of hydrogen-bond donors (Lipinski definition) is 1. The van der Waals surface area contributed by atoms with E-state index < -0.39 is 23.6 Å². The highest BCUT2D eigenvalue weighted by molar-refractivity contribution is 9.10. The highest BCUT2D eigenvalue weighted by atomic mass is 79.9. The molecule has 0 aliphatic carbocycles. The van der Waals surface area contributed by atoms with Crippen LogP contribution in [-0.4, -0.2) is 12.0 Å². The highest BCUT2D eigenvalue weighted by Gasteiger charge is 2.18. The second-order valence-corrected chi connectivity index (χ2v) is 5.74. The number of benzene rings is 2. The van der Waals surface area contributed by atoms with Gasteiger partial charge in [-0.25, -0.2) is 8.78 Å². The molecule has 0 aromatic heterocycles. The van der Waals surface area contributed by atoms with Crippen LogP contribution >= 0.6 is 27.5 Å². The molecule has 0 saturated heterocycles. The van der Waals surface area contributed by atoms with Crippen LogP contribution in [0.2, 0.25) is 5.02 Å². The molecule has 2 aromatic carbocycles. The molecule has 1 N–H and O–H groups in total. The van der Waals surface area contributed by atoms with Crippen molar-refractivity contribution in [3.05, 3.63) is 57.5 Å². The predicted molar refractivity (Wildman–Crippen MR) is 84.2 cm³/mol. The standard InChI is InChI=1S/C15H11BrClF2NO2/c1-8(22-14-5-2-9(17)6-11(14)16)15(21)20-13-7-10(18)3-4-12(13)19/h2-8H,1H3,(H,20,21). The summed E-state index contributed by atoms with van der Waals surface area (Å²) in [6.07, 6.45) is -0.917. The van der Waals surface area contributed by atoms with Gasteiger partial charge in [0.1, 0.15) is 17.4 Å². The molecule has 22 heavy (non-hydrogen) atoms. The van der Waals surface area contributed by atoms with E-state index in [1.807, 2.05) is 0 Å². The molecule has 0 aliphatic rings. The van der Waals surface area contributed by atoms with Crippen LogP contribution in [0.25, 0.3) is 0 Å². The molecular formula is C15H11BrClF2NO2. The topological polar surface area (TPSA) is 38.3 Å². The number of carbonyl (C=O) groups is 1. The Morgan fingerprint density at radius 3 is 2.68 bits per heavy atom. The van der Waals surface area contributed by atoms with Crippen molar-refractivity contribution in [2.75, 3.05) is 5.32 Å². The van der Waals surface area contributed by atoms with Crippen molar-refractivity contribution >= 4 is 39.1 Å². The van der Waals surface area contributed by atoms with E-state index in [1.165, 1.54) is 6.92 Å². The first-order valence-corrected chi connectivity index (χ1v) is 7.41. The fourth-order valence-corrected chi connectivity index (χ4v) is 2.42. The van der Waals surface area contributed by atoms with Gasteiger partial charge in [0.15, 0.2) is 6.10 Å². The maximum absolute atomic E-state index is 13.5. The fraction of sp³-hybridized carbons (Fsp3) is 0.133. The molecule has 1 unspecified atom stereocenters. The number of nitrogens with one attached hydrogen (secondary N) is 1. The lowest BCUT2D eigenvalue weighted by molar-refractivity contribution is -0.122. The summed E-state index contributed by atoms with van der Waals surface area (Å²) >= 11 is 9.08. The van der Waals surface area contributed by atoms with E-state index in [2.05, 4.69) is 21.2 Å². The number of carbonyl (C=O) groups excluding carboxylic acids is 1. The Kier molecular flexibility index (Phi) is 5.37. The predicted octanol–water partition coefficient (Wildman–Crippen LogP) is 4.79. The average molecular weight is 391 g/mol. The van der Waals surface area contributed by atoms with E-state index in [-0.39, 0.29) is 5.69 Å². The van der Waals surface area contributed by atoms with Crippen LogP contribution in [0.5, 0.6) is 5.75 Å². The van der Waals surface area contributed by atoms with Crippen LogP contribution in [0.1, 0.15) is 6.92 Å². The summed E-state index contributed by atoms with van der Waals surface area (Å²) in [6, 6.07) is 7.63. The van der Waals surface area contributed by atoms with Gasteiger partial charge in [-0.15, -0.1) is 0 Å². The fourth-order valence-electron chi connectivity index (χ4n) is 1.64. The molecule has 0 radical (unpaired) electrons. The third-order valence-corrected chi connectivity index (χ3v) is 3.61. The third kappa shape index (κ3) is 4.18. The van der Waals surface area contributed by atoms with Gasteiger partial charge < -0.3 is 10.1 Å². The average Bonchev–Trinajstić information content (AvgIpc) is 2.45. The Hall–Kier alpha value is -1.66. The molecule has 116 valence electrons. The summed E-state index contributed by atoms with van der Waals surface area (Å²) in [5.41, 5.74) is -0.240. The van der Waals surface area contributed by atoms with Crippen LogP contribution in [-0.2, 0) is 4.79 Å². The number of halogens is 4. The lowest BCUT2D eigenvalue weighted by Gasteiger charge is -2.16. The van der Waals surface area contributed by atoms with Crippen LogP contribution in [0.3, 0.4) is 0 Å². The highest BCUT2D eigenvalue weighted by Crippen LogP contribution is 2.29. The summed E-state index contributed by atoms with van der Waals surface area (Å²) in [4.78, 5) is 12.0. The molecular weight excluding hydrogens is 380 g/mol. The maximum Gasteiger partial charge on any atom is 0.265 e. The van der Waals surface area contributed by atoms with Crippen molar-refractivity contribution in [2.45, 2.75) is 13.0 Å². The number of ether oxygens (including phenoxy) is 1. The van der Waals surface area contributed by atoms with Crippen LogP contribution in [0.4, 0.5) is 14.5 Å². The second-order valence-electron chi connectivity index (χ2n) is 4.45. The third-order valence-electron chi connectivity index (χ3n) is 2.75. The largest absolute Gasteiger partial charge is 0.480 e. The zero-order chi connectivity index (χ0) is 16.3. The van der Waals surface area contributed by atoms with Gasteiger partial charge in [0.2, 0.25) is 0 Å². The van der Waals surface area contributed by atoms with Crippen molar-refractivity contribution < 1.29 is 18.3 Å². The minimum absolute atomic E-state index is 0.240. The Labute approximate surface area is 139 Å². The summed E-state index contributed by atoms with van der Waals surface area (Å²) < 4.78 is 32.6. The van der Waals surface area contributed by atoms with Gasteiger partial charge in [0, 0.05) is 11.1 Å². The molecule has 0 fully saturated rings. The Bertz CT molecular complexity index is 712. The molecule has 0 spiro atoms. The van der Waals surface area contributed by atoms with E-state index >= 15 is 0 Å². The Morgan fingerprint density at radius 2 is 2.00 bits per heavy atom. The van der Waals surface area contributed by atoms with E-state index in [4.69, 9.17) is 16.3 Å². The lowest BCUT2D eigenvalue weighted by atomic mass is 10.2. The molecule has 7 heteroatoms. The molecule has 3 nitrogen and oxygen atoms in total. The quantitative estimate of drug-likeness (QED) is 0.815. The van der Waals surface area contributed by atoms with Crippen LogP contribution in [0.15, 0.2) is 40.9 Å². The molecule has 0 saturated carbocycles. The zero-order valence-corrected chi connectivity index (χ0v) is 13.7. The second kappa shape index (κ2) is 7.07. The Balaban J connectivity index is 2.07. The van der Waals surface area contributed by atoms with Gasteiger partial charge in [0.05, 0.1) is 10.2 Å². The van der Waals surface area contributed by atoms with Gasteiger partial charge in [-0.05, 0) is 53.2 Å². The van der Waals surface area contributed by atoms with Crippen LogP contribution < -0.4 is 10.1 Å². The molecule has 2 rings (SSSR count). The molecule has 0 heterocycles. The summed E-state index contributed by atoms with van der Waals surface area (Å²) in [5, 5.41) is 2.79. The number of hydrogen-bond acceptors (Lipinski definition) is 2. The van der Waals surface area contributed by atoms with Crippen molar-refractivity contribution in [2.24, 2.45) is 0 Å². The minimum atomic E-state index is -0.917. The Morgan fingerprint density at radius 1 is 1.27 bits per heavy atom. The first kappa shape index (κ1) is 16.7. The number of rotatable bonds is 4. The van der Waals surface area contributed by atoms with E-state index in [0.717, 1.165) is 18.2 Å². The summed E-state index contributed by atoms with van der Waals surface area (Å²) in [5.74, 6) is -1.57. The SMILES string of the molecule is CC(Oc1ccc(Cl)cc1Br)C(=O)Nc1cc(F)ccc1F. The van der Waals surface area contributed by atoms with E-state index in [0.29, 0.717) is 15.2 Å². The first-order valence-electron chi connectivity index (χ1n) is 6.24. The molecule has 0 bridgehead atoms. The number of anilines is 1. The van der Waals surface area contributed by atoms with Crippen molar-refractivity contribution in [3.8, 4) is 5.75 Å². The first-order chi connectivity index (χ1) is 10.4. The maximum atomic E-state index is 13.5. The van der Waals surface area contributed by atoms with Crippen molar-refractivity contribution in [1.29, 1.82) is 0 Å². The van der Waals surface area contributed by atoms with Crippen molar-refractivity contribution in [1.82, 2.24) is 0 Å². The van der Waals surface area contributed by atoms with Gasteiger partial charge >= 0.3 is 0 Å². The molecule has 1 atom stereocenters. The zero-order valence-electron chi connectivity index (χ0n) is 11.4. The number of amides is 1. The molecule has 2 aromatic rings.